The number of aldehydes is 1. The highest BCUT2D eigenvalue weighted by Crippen LogP contribution is 2.34. The van der Waals surface area contributed by atoms with E-state index in [1.54, 1.807) is 18.2 Å². The van der Waals surface area contributed by atoms with E-state index in [9.17, 15) is 9.59 Å². The molecule has 5 nitrogen and oxygen atoms in total. The lowest BCUT2D eigenvalue weighted by atomic mass is 10.0. The summed E-state index contributed by atoms with van der Waals surface area (Å²) in [5.41, 5.74) is 0.485. The lowest BCUT2D eigenvalue weighted by Crippen LogP contribution is -2.15. The fraction of sp³-hybridized carbons (Fsp3) is 0.176. The quantitative estimate of drug-likeness (QED) is 0.466. The van der Waals surface area contributed by atoms with Crippen molar-refractivity contribution < 1.29 is 23.8 Å². The Morgan fingerprint density at radius 3 is 2.36 bits per heavy atom. The van der Waals surface area contributed by atoms with E-state index in [-0.39, 0.29) is 0 Å². The van der Waals surface area contributed by atoms with E-state index in [1.807, 2.05) is 30.3 Å². The van der Waals surface area contributed by atoms with E-state index < -0.39 is 11.9 Å². The van der Waals surface area contributed by atoms with Gasteiger partial charge in [0.15, 0.2) is 11.5 Å². The Balaban J connectivity index is 2.31. The molecule has 0 amide bonds. The minimum absolute atomic E-state index is 0.428. The van der Waals surface area contributed by atoms with E-state index in [0.717, 1.165) is 0 Å². The smallest absolute Gasteiger partial charge is 0.320 e. The molecule has 0 heterocycles. The van der Waals surface area contributed by atoms with E-state index in [0.29, 0.717) is 29.1 Å². The summed E-state index contributed by atoms with van der Waals surface area (Å²) < 4.78 is 15.6. The van der Waals surface area contributed by atoms with Gasteiger partial charge in [-0.15, -0.1) is 0 Å². The molecule has 0 bridgehead atoms. The number of ether oxygens (including phenoxy) is 3. The van der Waals surface area contributed by atoms with E-state index in [4.69, 9.17) is 9.47 Å². The average Bonchev–Trinajstić information content (AvgIpc) is 2.57. The first-order valence-electron chi connectivity index (χ1n) is 6.63. The molecule has 0 saturated carbocycles. The molecular formula is C17H16O5. The van der Waals surface area contributed by atoms with Crippen molar-refractivity contribution in [1.29, 1.82) is 0 Å². The van der Waals surface area contributed by atoms with Gasteiger partial charge >= 0.3 is 5.97 Å². The molecule has 22 heavy (non-hydrogen) atoms. The van der Waals surface area contributed by atoms with Crippen LogP contribution in [0.15, 0.2) is 48.5 Å². The van der Waals surface area contributed by atoms with Gasteiger partial charge in [-0.3, -0.25) is 4.79 Å². The summed E-state index contributed by atoms with van der Waals surface area (Å²) in [4.78, 5) is 22.7. The molecule has 5 heteroatoms. The zero-order valence-electron chi connectivity index (χ0n) is 12.3. The molecule has 0 aliphatic rings. The van der Waals surface area contributed by atoms with Crippen LogP contribution in [0.4, 0.5) is 0 Å². The summed E-state index contributed by atoms with van der Waals surface area (Å²) in [6.45, 7) is 0. The molecule has 1 unspecified atom stereocenters. The maximum atomic E-state index is 11.6. The molecule has 0 saturated heterocycles. The van der Waals surface area contributed by atoms with Crippen molar-refractivity contribution in [2.24, 2.45) is 0 Å². The van der Waals surface area contributed by atoms with Gasteiger partial charge in [-0.05, 0) is 29.8 Å². The minimum atomic E-state index is -0.982. The van der Waals surface area contributed by atoms with Crippen molar-refractivity contribution in [3.8, 4) is 17.2 Å². The molecule has 0 aromatic heterocycles. The average molecular weight is 300 g/mol. The first kappa shape index (κ1) is 15.6. The van der Waals surface area contributed by atoms with Crippen LogP contribution in [0.5, 0.6) is 17.2 Å². The van der Waals surface area contributed by atoms with Crippen LogP contribution in [0.2, 0.25) is 0 Å². The number of methoxy groups -OCH3 is 2. The molecule has 2 aromatic rings. The maximum absolute atomic E-state index is 11.6. The Morgan fingerprint density at radius 2 is 1.77 bits per heavy atom. The lowest BCUT2D eigenvalue weighted by molar-refractivity contribution is -0.143. The van der Waals surface area contributed by atoms with Crippen molar-refractivity contribution in [2.75, 3.05) is 14.2 Å². The predicted molar refractivity (Wildman–Crippen MR) is 80.3 cm³/mol. The highest BCUT2D eigenvalue weighted by molar-refractivity contribution is 5.94. The van der Waals surface area contributed by atoms with Gasteiger partial charge in [0.2, 0.25) is 0 Å². The summed E-state index contributed by atoms with van der Waals surface area (Å²) >= 11 is 0. The Hall–Kier alpha value is -2.82. The van der Waals surface area contributed by atoms with E-state index >= 15 is 0 Å². The van der Waals surface area contributed by atoms with Gasteiger partial charge in [0.05, 0.1) is 14.2 Å². The molecule has 0 radical (unpaired) electrons. The molecule has 1 atom stereocenters. The summed E-state index contributed by atoms with van der Waals surface area (Å²) in [5.74, 6) is -0.0176. The summed E-state index contributed by atoms with van der Waals surface area (Å²) in [7, 11) is 2.73. The monoisotopic (exact) mass is 300 g/mol. The van der Waals surface area contributed by atoms with Crippen molar-refractivity contribution in [3.63, 3.8) is 0 Å². The SMILES string of the molecule is COC(=O)C(C=O)c1ccc(Oc2ccccc2)c(OC)c1. The van der Waals surface area contributed by atoms with Gasteiger partial charge in [0, 0.05) is 0 Å². The third-order valence-electron chi connectivity index (χ3n) is 3.11. The zero-order chi connectivity index (χ0) is 15.9. The number of benzene rings is 2. The van der Waals surface area contributed by atoms with Crippen molar-refractivity contribution in [1.82, 2.24) is 0 Å². The molecule has 2 rings (SSSR count). The number of carbonyl (C=O) groups excluding carboxylic acids is 2. The van der Waals surface area contributed by atoms with E-state index in [1.165, 1.54) is 14.2 Å². The number of carbonyl (C=O) groups is 2. The van der Waals surface area contributed by atoms with Gasteiger partial charge in [0.25, 0.3) is 0 Å². The van der Waals surface area contributed by atoms with E-state index in [2.05, 4.69) is 4.74 Å². The first-order chi connectivity index (χ1) is 10.7. The van der Waals surface area contributed by atoms with Crippen molar-refractivity contribution in [2.45, 2.75) is 5.92 Å². The molecule has 0 N–H and O–H groups in total. The van der Waals surface area contributed by atoms with Gasteiger partial charge in [-0.2, -0.15) is 0 Å². The summed E-state index contributed by atoms with van der Waals surface area (Å²) in [6.07, 6.45) is 0.540. The second-order valence-corrected chi connectivity index (χ2v) is 4.46. The molecule has 0 aliphatic carbocycles. The van der Waals surface area contributed by atoms with Crippen LogP contribution in [0.25, 0.3) is 0 Å². The van der Waals surface area contributed by atoms with Crippen LogP contribution in [0.3, 0.4) is 0 Å². The molecule has 0 aliphatic heterocycles. The van der Waals surface area contributed by atoms with Crippen LogP contribution in [-0.4, -0.2) is 26.5 Å². The van der Waals surface area contributed by atoms with Crippen LogP contribution in [0.1, 0.15) is 11.5 Å². The van der Waals surface area contributed by atoms with Crippen molar-refractivity contribution >= 4 is 12.3 Å². The van der Waals surface area contributed by atoms with Gasteiger partial charge < -0.3 is 19.0 Å². The van der Waals surface area contributed by atoms with Crippen LogP contribution in [-0.2, 0) is 14.3 Å². The highest BCUT2D eigenvalue weighted by atomic mass is 16.5. The first-order valence-corrected chi connectivity index (χ1v) is 6.63. The van der Waals surface area contributed by atoms with Gasteiger partial charge in [-0.25, -0.2) is 0 Å². The molecule has 0 spiro atoms. The summed E-state index contributed by atoms with van der Waals surface area (Å²) in [6, 6.07) is 14.1. The second kappa shape index (κ2) is 7.26. The Morgan fingerprint density at radius 1 is 1.05 bits per heavy atom. The predicted octanol–water partition coefficient (Wildman–Crippen LogP) is 2.94. The zero-order valence-corrected chi connectivity index (χ0v) is 12.3. The summed E-state index contributed by atoms with van der Waals surface area (Å²) in [5, 5.41) is 0. The lowest BCUT2D eigenvalue weighted by Gasteiger charge is -2.14. The second-order valence-electron chi connectivity index (χ2n) is 4.46. The van der Waals surface area contributed by atoms with Crippen LogP contribution in [0, 0.1) is 0 Å². The fourth-order valence-corrected chi connectivity index (χ4v) is 1.97. The highest BCUT2D eigenvalue weighted by Gasteiger charge is 2.22. The standard InChI is InChI=1S/C17H16O5/c1-20-16-10-12(14(11-18)17(19)21-2)8-9-15(16)22-13-6-4-3-5-7-13/h3-11,14H,1-2H3. The number of para-hydroxylation sites is 1. The van der Waals surface area contributed by atoms with Crippen molar-refractivity contribution in [3.05, 3.63) is 54.1 Å². The topological polar surface area (TPSA) is 61.8 Å². The maximum Gasteiger partial charge on any atom is 0.320 e. The Bertz CT molecular complexity index is 651. The van der Waals surface area contributed by atoms with Crippen LogP contribution < -0.4 is 9.47 Å². The molecule has 0 fully saturated rings. The molecular weight excluding hydrogens is 284 g/mol. The molecule has 2 aromatic carbocycles. The third-order valence-corrected chi connectivity index (χ3v) is 3.11. The van der Waals surface area contributed by atoms with Crippen LogP contribution >= 0.6 is 0 Å². The normalized spacial score (nSPS) is 11.4. The molecule has 114 valence electrons. The van der Waals surface area contributed by atoms with Gasteiger partial charge in [-0.1, -0.05) is 24.3 Å². The number of rotatable bonds is 6. The Labute approximate surface area is 128 Å². The third kappa shape index (κ3) is 3.44. The minimum Gasteiger partial charge on any atom is -0.493 e. The van der Waals surface area contributed by atoms with Gasteiger partial charge in [0.1, 0.15) is 18.0 Å². The number of esters is 1. The Kier molecular flexibility index (Phi) is 5.14. The number of hydrogen-bond acceptors (Lipinski definition) is 5. The fourth-order valence-electron chi connectivity index (χ4n) is 1.97. The largest absolute Gasteiger partial charge is 0.493 e. The number of hydrogen-bond donors (Lipinski definition) is 0.